The lowest BCUT2D eigenvalue weighted by molar-refractivity contribution is -0.000473. The van der Waals surface area contributed by atoms with Gasteiger partial charge in [-0.05, 0) is 30.5 Å². The third-order valence-electron chi connectivity index (χ3n) is 5.34. The first-order valence-electron chi connectivity index (χ1n) is 8.94. The summed E-state index contributed by atoms with van der Waals surface area (Å²) >= 11 is 3.66. The van der Waals surface area contributed by atoms with Crippen molar-refractivity contribution in [3.8, 4) is 11.5 Å². The molecular weight excluding hydrogens is 372 g/mol. The fourth-order valence-electron chi connectivity index (χ4n) is 4.03. The first kappa shape index (κ1) is 16.6. The number of nitrogens with one attached hydrogen (secondary N) is 1. The van der Waals surface area contributed by atoms with E-state index in [1.54, 1.807) is 0 Å². The third-order valence-corrected chi connectivity index (χ3v) is 6.08. The number of halogens is 1. The molecule has 1 N–H and O–H groups in total. The maximum Gasteiger partial charge on any atom is 0.231 e. The van der Waals surface area contributed by atoms with Gasteiger partial charge in [0.1, 0.15) is 0 Å². The molecule has 1 aliphatic carbocycles. The highest BCUT2D eigenvalue weighted by Gasteiger charge is 2.30. The zero-order valence-corrected chi connectivity index (χ0v) is 15.5. The molecule has 0 amide bonds. The minimum absolute atomic E-state index is 0.320. The molecule has 1 aromatic rings. The lowest BCUT2D eigenvalue weighted by Gasteiger charge is -2.42. The highest BCUT2D eigenvalue weighted by atomic mass is 79.9. The Labute approximate surface area is 151 Å². The monoisotopic (exact) mass is 396 g/mol. The van der Waals surface area contributed by atoms with E-state index in [4.69, 9.17) is 14.2 Å². The number of benzene rings is 1. The molecule has 1 saturated carbocycles. The molecule has 0 aromatic heterocycles. The van der Waals surface area contributed by atoms with Gasteiger partial charge in [-0.3, -0.25) is 4.90 Å². The molecule has 5 nitrogen and oxygen atoms in total. The summed E-state index contributed by atoms with van der Waals surface area (Å²) in [7, 11) is 0. The van der Waals surface area contributed by atoms with Crippen molar-refractivity contribution in [1.29, 1.82) is 0 Å². The number of ether oxygens (including phenoxy) is 3. The number of hydrogen-bond donors (Lipinski definition) is 1. The molecule has 24 heavy (non-hydrogen) atoms. The predicted octanol–water partition coefficient (Wildman–Crippen LogP) is 2.91. The van der Waals surface area contributed by atoms with Crippen LogP contribution in [0.1, 0.15) is 31.2 Å². The highest BCUT2D eigenvalue weighted by molar-refractivity contribution is 9.10. The van der Waals surface area contributed by atoms with Crippen molar-refractivity contribution in [3.05, 3.63) is 22.2 Å². The molecule has 2 heterocycles. The number of hydrogen-bond acceptors (Lipinski definition) is 5. The van der Waals surface area contributed by atoms with Crippen molar-refractivity contribution >= 4 is 15.9 Å². The fourth-order valence-corrected chi connectivity index (χ4v) is 4.49. The predicted molar refractivity (Wildman–Crippen MR) is 95.5 cm³/mol. The molecular formula is C18H25BrN2O3. The molecule has 2 aliphatic heterocycles. The SMILES string of the molecule is Brc1cc2c(cc1CNC1CCCCC1N1CCOCC1)OCO2. The number of fused-ring (bicyclic) bond motifs is 1. The zero-order valence-electron chi connectivity index (χ0n) is 13.9. The van der Waals surface area contributed by atoms with Gasteiger partial charge in [-0.25, -0.2) is 0 Å². The molecule has 6 heteroatoms. The lowest BCUT2D eigenvalue weighted by atomic mass is 9.88. The Morgan fingerprint density at radius 2 is 1.83 bits per heavy atom. The van der Waals surface area contributed by atoms with Crippen LogP contribution in [0.3, 0.4) is 0 Å². The van der Waals surface area contributed by atoms with Crippen LogP contribution in [-0.2, 0) is 11.3 Å². The first-order valence-corrected chi connectivity index (χ1v) is 9.74. The molecule has 1 aromatic carbocycles. The third kappa shape index (κ3) is 3.57. The number of morpholine rings is 1. The van der Waals surface area contributed by atoms with Crippen LogP contribution >= 0.6 is 15.9 Å². The molecule has 0 spiro atoms. The summed E-state index contributed by atoms with van der Waals surface area (Å²) in [5, 5.41) is 3.81. The summed E-state index contributed by atoms with van der Waals surface area (Å²) in [6, 6.07) is 5.29. The molecule has 3 aliphatic rings. The van der Waals surface area contributed by atoms with E-state index in [-0.39, 0.29) is 0 Å². The van der Waals surface area contributed by atoms with Crippen LogP contribution in [0, 0.1) is 0 Å². The standard InChI is InChI=1S/C18H25BrN2O3/c19-14-10-18-17(23-12-24-18)9-13(14)11-20-15-3-1-2-4-16(15)21-5-7-22-8-6-21/h9-10,15-16,20H,1-8,11-12H2. The molecule has 4 rings (SSSR count). The van der Waals surface area contributed by atoms with Crippen molar-refractivity contribution in [2.75, 3.05) is 33.1 Å². The minimum atomic E-state index is 0.320. The van der Waals surface area contributed by atoms with Gasteiger partial charge in [0.05, 0.1) is 13.2 Å². The Bertz CT molecular complexity index is 578. The van der Waals surface area contributed by atoms with Gasteiger partial charge in [0.15, 0.2) is 11.5 Å². The van der Waals surface area contributed by atoms with Crippen LogP contribution in [-0.4, -0.2) is 50.1 Å². The summed E-state index contributed by atoms with van der Waals surface area (Å²) in [4.78, 5) is 2.62. The van der Waals surface area contributed by atoms with Crippen molar-refractivity contribution in [2.45, 2.75) is 44.3 Å². The molecule has 2 unspecified atom stereocenters. The maximum absolute atomic E-state index is 5.52. The second kappa shape index (κ2) is 7.60. The van der Waals surface area contributed by atoms with Crippen LogP contribution in [0.5, 0.6) is 11.5 Å². The first-order chi connectivity index (χ1) is 11.8. The smallest absolute Gasteiger partial charge is 0.231 e. The average Bonchev–Trinajstić information content (AvgIpc) is 3.08. The lowest BCUT2D eigenvalue weighted by Crippen LogP contribution is -2.54. The minimum Gasteiger partial charge on any atom is -0.454 e. The molecule has 0 radical (unpaired) electrons. The summed E-state index contributed by atoms with van der Waals surface area (Å²) < 4.78 is 17.5. The van der Waals surface area contributed by atoms with E-state index < -0.39 is 0 Å². The Hall–Kier alpha value is -0.820. The topological polar surface area (TPSA) is 43.0 Å². The second-order valence-corrected chi connectivity index (χ2v) is 7.64. The van der Waals surface area contributed by atoms with Crippen LogP contribution in [0.15, 0.2) is 16.6 Å². The quantitative estimate of drug-likeness (QED) is 0.847. The van der Waals surface area contributed by atoms with E-state index in [9.17, 15) is 0 Å². The van der Waals surface area contributed by atoms with Crippen LogP contribution in [0.2, 0.25) is 0 Å². The van der Waals surface area contributed by atoms with E-state index in [1.807, 2.05) is 6.07 Å². The van der Waals surface area contributed by atoms with Crippen LogP contribution in [0.25, 0.3) is 0 Å². The van der Waals surface area contributed by atoms with Crippen LogP contribution in [0.4, 0.5) is 0 Å². The van der Waals surface area contributed by atoms with Crippen molar-refractivity contribution < 1.29 is 14.2 Å². The van der Waals surface area contributed by atoms with Crippen molar-refractivity contribution in [3.63, 3.8) is 0 Å². The van der Waals surface area contributed by atoms with E-state index in [0.717, 1.165) is 48.8 Å². The van der Waals surface area contributed by atoms with Gasteiger partial charge in [0.2, 0.25) is 6.79 Å². The average molecular weight is 397 g/mol. The summed E-state index contributed by atoms with van der Waals surface area (Å²) in [6.07, 6.45) is 5.21. The highest BCUT2D eigenvalue weighted by Crippen LogP contribution is 2.37. The summed E-state index contributed by atoms with van der Waals surface area (Å²) in [5.41, 5.74) is 1.23. The summed E-state index contributed by atoms with van der Waals surface area (Å²) in [6.45, 7) is 5.05. The molecule has 0 bridgehead atoms. The summed E-state index contributed by atoms with van der Waals surface area (Å²) in [5.74, 6) is 1.68. The van der Waals surface area contributed by atoms with E-state index >= 15 is 0 Å². The van der Waals surface area contributed by atoms with Gasteiger partial charge < -0.3 is 19.5 Å². The van der Waals surface area contributed by atoms with E-state index in [1.165, 1.54) is 31.2 Å². The molecule has 1 saturated heterocycles. The fraction of sp³-hybridized carbons (Fsp3) is 0.667. The molecule has 132 valence electrons. The zero-order chi connectivity index (χ0) is 16.4. The second-order valence-electron chi connectivity index (χ2n) is 6.78. The molecule has 2 fully saturated rings. The van der Waals surface area contributed by atoms with Gasteiger partial charge in [-0.2, -0.15) is 0 Å². The Morgan fingerprint density at radius 3 is 2.67 bits per heavy atom. The Kier molecular flexibility index (Phi) is 5.27. The molecule has 2 atom stereocenters. The van der Waals surface area contributed by atoms with E-state index in [0.29, 0.717) is 18.9 Å². The Balaban J connectivity index is 1.42. The number of rotatable bonds is 4. The van der Waals surface area contributed by atoms with Crippen LogP contribution < -0.4 is 14.8 Å². The Morgan fingerprint density at radius 1 is 1.08 bits per heavy atom. The van der Waals surface area contributed by atoms with Gasteiger partial charge in [0, 0.05) is 36.2 Å². The largest absolute Gasteiger partial charge is 0.454 e. The van der Waals surface area contributed by atoms with Gasteiger partial charge >= 0.3 is 0 Å². The van der Waals surface area contributed by atoms with Crippen molar-refractivity contribution in [1.82, 2.24) is 10.2 Å². The normalized spacial score (nSPS) is 27.4. The van der Waals surface area contributed by atoms with E-state index in [2.05, 4.69) is 32.2 Å². The maximum atomic E-state index is 5.52. The van der Waals surface area contributed by atoms with Gasteiger partial charge in [-0.15, -0.1) is 0 Å². The van der Waals surface area contributed by atoms with Crippen molar-refractivity contribution in [2.24, 2.45) is 0 Å². The van der Waals surface area contributed by atoms with Gasteiger partial charge in [0.25, 0.3) is 0 Å². The van der Waals surface area contributed by atoms with Gasteiger partial charge in [-0.1, -0.05) is 28.8 Å². The number of nitrogens with zero attached hydrogens (tertiary/aromatic N) is 1.